The monoisotopic (exact) mass is 520 g/mol. The van der Waals surface area contributed by atoms with Crippen molar-refractivity contribution in [1.29, 1.82) is 0 Å². The van der Waals surface area contributed by atoms with Gasteiger partial charge in [-0.15, -0.1) is 34.0 Å². The topological polar surface area (TPSA) is 34.1 Å². The van der Waals surface area contributed by atoms with Gasteiger partial charge in [-0.05, 0) is 66.2 Å². The molecule has 0 amide bonds. The number of hydrogen-bond acceptors (Lipinski definition) is 5. The smallest absolute Gasteiger partial charge is 0.160 e. The zero-order valence-corrected chi connectivity index (χ0v) is 22.0. The van der Waals surface area contributed by atoms with E-state index >= 15 is 0 Å². The van der Waals surface area contributed by atoms with Crippen molar-refractivity contribution in [2.24, 2.45) is 0 Å². The third-order valence-corrected chi connectivity index (χ3v) is 13.1. The van der Waals surface area contributed by atoms with E-state index in [2.05, 4.69) is 52.5 Å². The van der Waals surface area contributed by atoms with Crippen molar-refractivity contribution < 1.29 is 9.59 Å². The van der Waals surface area contributed by atoms with E-state index in [0.717, 1.165) is 24.0 Å². The SMILES string of the molecule is O=C(CC(c1cccs1)P(c1cccs1)C(CC(=O)C1=CC=CC1)c1cccs1)C1=CC=CC1. The molecule has 172 valence electrons. The van der Waals surface area contributed by atoms with Crippen LogP contribution in [0.25, 0.3) is 0 Å². The average molecular weight is 521 g/mol. The van der Waals surface area contributed by atoms with Crippen LogP contribution in [0.2, 0.25) is 0 Å². The summed E-state index contributed by atoms with van der Waals surface area (Å²) in [6, 6.07) is 12.8. The molecule has 0 fully saturated rings. The molecule has 0 saturated heterocycles. The van der Waals surface area contributed by atoms with Crippen LogP contribution < -0.4 is 4.62 Å². The first-order valence-electron chi connectivity index (χ1n) is 11.4. The van der Waals surface area contributed by atoms with E-state index in [1.165, 1.54) is 14.4 Å². The highest BCUT2D eigenvalue weighted by Crippen LogP contribution is 2.65. The summed E-state index contributed by atoms with van der Waals surface area (Å²) in [6.07, 6.45) is 14.4. The summed E-state index contributed by atoms with van der Waals surface area (Å²) in [5.41, 5.74) is 1.96. The highest BCUT2D eigenvalue weighted by molar-refractivity contribution is 7.72. The van der Waals surface area contributed by atoms with Gasteiger partial charge in [-0.2, -0.15) is 0 Å². The number of carbonyl (C=O) groups is 2. The fourth-order valence-electron chi connectivity index (χ4n) is 4.50. The Hall–Kier alpha value is -2.17. The Bertz CT molecular complexity index is 1160. The second-order valence-corrected chi connectivity index (χ2v) is 14.1. The van der Waals surface area contributed by atoms with Gasteiger partial charge in [0, 0.05) is 38.5 Å². The van der Waals surface area contributed by atoms with Crippen LogP contribution in [-0.4, -0.2) is 11.6 Å². The fraction of sp³-hybridized carbons (Fsp3) is 0.214. The molecule has 0 bridgehead atoms. The summed E-state index contributed by atoms with van der Waals surface area (Å²) in [6.45, 7) is 0. The van der Waals surface area contributed by atoms with Gasteiger partial charge in [0.05, 0.1) is 0 Å². The largest absolute Gasteiger partial charge is 0.295 e. The Kier molecular flexibility index (Phi) is 7.66. The van der Waals surface area contributed by atoms with Crippen molar-refractivity contribution in [2.45, 2.75) is 37.0 Å². The van der Waals surface area contributed by atoms with Gasteiger partial charge in [0.25, 0.3) is 0 Å². The van der Waals surface area contributed by atoms with Crippen LogP contribution >= 0.6 is 41.9 Å². The molecule has 3 heterocycles. The molecule has 3 aromatic heterocycles. The Morgan fingerprint density at radius 1 is 0.735 bits per heavy atom. The van der Waals surface area contributed by atoms with E-state index in [-0.39, 0.29) is 22.9 Å². The Morgan fingerprint density at radius 3 is 1.62 bits per heavy atom. The molecular formula is C28H25O2PS3. The first kappa shape index (κ1) is 23.6. The standard InChI is InChI=1S/C28H25O2PS3/c29-22(20-8-1-2-9-20)18-24(26-12-5-15-32-26)31(28-14-7-17-34-28)25(27-13-6-16-33-27)19-23(30)21-10-3-4-11-21/h1-8,10,12-17,24-25H,9,11,18-19H2. The number of thiophene rings is 3. The molecule has 2 aliphatic rings. The number of Topliss-reactive ketones (excluding diaryl/α,β-unsaturated/α-hetero) is 2. The van der Waals surface area contributed by atoms with Gasteiger partial charge in [-0.1, -0.05) is 54.7 Å². The Labute approximate surface area is 213 Å². The normalized spacial score (nSPS) is 17.4. The fourth-order valence-corrected chi connectivity index (χ4v) is 11.6. The zero-order chi connectivity index (χ0) is 23.3. The lowest BCUT2D eigenvalue weighted by atomic mass is 10.0. The number of hydrogen-bond donors (Lipinski definition) is 0. The summed E-state index contributed by atoms with van der Waals surface area (Å²) in [5, 5.41) is 6.33. The van der Waals surface area contributed by atoms with E-state index < -0.39 is 7.92 Å². The molecule has 0 N–H and O–H groups in total. The summed E-state index contributed by atoms with van der Waals surface area (Å²) < 4.78 is 1.31. The molecule has 2 aliphatic carbocycles. The molecule has 0 aliphatic heterocycles. The predicted octanol–water partition coefficient (Wildman–Crippen LogP) is 8.15. The highest BCUT2D eigenvalue weighted by atomic mass is 32.1. The van der Waals surface area contributed by atoms with E-state index in [1.807, 2.05) is 36.5 Å². The molecule has 2 unspecified atom stereocenters. The van der Waals surface area contributed by atoms with Gasteiger partial charge in [-0.25, -0.2) is 0 Å². The lowest BCUT2D eigenvalue weighted by Gasteiger charge is -2.33. The summed E-state index contributed by atoms with van der Waals surface area (Å²) >= 11 is 5.22. The second kappa shape index (κ2) is 11.0. The quantitative estimate of drug-likeness (QED) is 0.239. The maximum Gasteiger partial charge on any atom is 0.160 e. The number of rotatable bonds is 11. The van der Waals surface area contributed by atoms with Crippen LogP contribution in [0.1, 0.15) is 46.8 Å². The Balaban J connectivity index is 1.55. The van der Waals surface area contributed by atoms with Crippen LogP contribution in [-0.2, 0) is 9.59 Å². The predicted molar refractivity (Wildman–Crippen MR) is 148 cm³/mol. The number of allylic oxidation sites excluding steroid dienone is 8. The molecule has 2 nitrogen and oxygen atoms in total. The van der Waals surface area contributed by atoms with Gasteiger partial charge >= 0.3 is 0 Å². The molecule has 0 aromatic carbocycles. The van der Waals surface area contributed by atoms with Crippen molar-refractivity contribution in [3.8, 4) is 0 Å². The van der Waals surface area contributed by atoms with Gasteiger partial charge in [0.2, 0.25) is 0 Å². The summed E-state index contributed by atoms with van der Waals surface area (Å²) in [4.78, 5) is 29.3. The van der Waals surface area contributed by atoms with Crippen LogP contribution in [0.5, 0.6) is 0 Å². The van der Waals surface area contributed by atoms with Crippen LogP contribution in [0.4, 0.5) is 0 Å². The van der Waals surface area contributed by atoms with Crippen molar-refractivity contribution in [1.82, 2.24) is 0 Å². The van der Waals surface area contributed by atoms with Crippen molar-refractivity contribution in [3.05, 3.63) is 110 Å². The Morgan fingerprint density at radius 2 is 1.24 bits per heavy atom. The average Bonchev–Trinajstić information content (AvgIpc) is 3.68. The molecule has 0 radical (unpaired) electrons. The number of ketones is 2. The van der Waals surface area contributed by atoms with E-state index in [4.69, 9.17) is 0 Å². The second-order valence-electron chi connectivity index (χ2n) is 8.32. The highest BCUT2D eigenvalue weighted by Gasteiger charge is 2.37. The first-order chi connectivity index (χ1) is 16.7. The van der Waals surface area contributed by atoms with Crippen LogP contribution in [0, 0.1) is 0 Å². The third-order valence-electron chi connectivity index (χ3n) is 6.19. The van der Waals surface area contributed by atoms with Gasteiger partial charge < -0.3 is 0 Å². The minimum atomic E-state index is -0.838. The van der Waals surface area contributed by atoms with Crippen molar-refractivity contribution in [3.63, 3.8) is 0 Å². The minimum absolute atomic E-state index is 0.0817. The van der Waals surface area contributed by atoms with Crippen molar-refractivity contribution in [2.75, 3.05) is 0 Å². The summed E-state index contributed by atoms with van der Waals surface area (Å²) in [5.74, 6) is 0.456. The van der Waals surface area contributed by atoms with E-state index in [9.17, 15) is 9.59 Å². The maximum absolute atomic E-state index is 13.4. The molecule has 3 aromatic rings. The molecule has 5 rings (SSSR count). The van der Waals surface area contributed by atoms with Crippen LogP contribution in [0.3, 0.4) is 0 Å². The first-order valence-corrected chi connectivity index (χ1v) is 15.5. The molecular weight excluding hydrogens is 495 g/mol. The third kappa shape index (κ3) is 5.23. The van der Waals surface area contributed by atoms with Crippen LogP contribution in [0.15, 0.2) is 100 Å². The maximum atomic E-state index is 13.4. The van der Waals surface area contributed by atoms with Crippen molar-refractivity contribution >= 4 is 58.1 Å². The molecule has 34 heavy (non-hydrogen) atoms. The van der Waals surface area contributed by atoms with Gasteiger partial charge in [0.15, 0.2) is 11.6 Å². The zero-order valence-electron chi connectivity index (χ0n) is 18.6. The molecule has 0 spiro atoms. The lowest BCUT2D eigenvalue weighted by Crippen LogP contribution is -2.17. The number of carbonyl (C=O) groups excluding carboxylic acids is 2. The van der Waals surface area contributed by atoms with E-state index in [0.29, 0.717) is 12.8 Å². The molecule has 2 atom stereocenters. The van der Waals surface area contributed by atoms with Gasteiger partial charge in [0.1, 0.15) is 0 Å². The lowest BCUT2D eigenvalue weighted by molar-refractivity contribution is -0.116. The minimum Gasteiger partial charge on any atom is -0.295 e. The summed E-state index contributed by atoms with van der Waals surface area (Å²) in [7, 11) is -0.838. The molecule has 6 heteroatoms. The van der Waals surface area contributed by atoms with E-state index in [1.54, 1.807) is 34.0 Å². The molecule has 0 saturated carbocycles. The van der Waals surface area contributed by atoms with Gasteiger partial charge in [-0.3, -0.25) is 9.59 Å².